The van der Waals surface area contributed by atoms with E-state index in [2.05, 4.69) is 21.6 Å². The van der Waals surface area contributed by atoms with Gasteiger partial charge < -0.3 is 0 Å². The largest absolute Gasteiger partial charge is 0.293 e. The minimum absolute atomic E-state index is 0.715. The molecular weight excluding hydrogens is 320 g/mol. The predicted molar refractivity (Wildman–Crippen MR) is 96.6 cm³/mol. The zero-order valence-corrected chi connectivity index (χ0v) is 15.0. The molecular formula is C16H25ClN2S2. The van der Waals surface area contributed by atoms with Crippen LogP contribution in [-0.4, -0.2) is 40.4 Å². The van der Waals surface area contributed by atoms with E-state index in [9.17, 15) is 0 Å². The summed E-state index contributed by atoms with van der Waals surface area (Å²) in [5.74, 6) is 3.76. The molecule has 5 heteroatoms. The first-order valence-corrected chi connectivity index (χ1v) is 10.4. The average molecular weight is 345 g/mol. The molecule has 118 valence electrons. The lowest BCUT2D eigenvalue weighted by Crippen LogP contribution is -2.20. The molecule has 2 heterocycles. The highest BCUT2D eigenvalue weighted by Gasteiger charge is 2.10. The Bertz CT molecular complexity index is 380. The van der Waals surface area contributed by atoms with Gasteiger partial charge in [0.2, 0.25) is 0 Å². The van der Waals surface area contributed by atoms with E-state index in [1.54, 1.807) is 6.20 Å². The van der Waals surface area contributed by atoms with Crippen LogP contribution in [0.3, 0.4) is 0 Å². The van der Waals surface area contributed by atoms with E-state index in [-0.39, 0.29) is 0 Å². The smallest absolute Gasteiger partial charge is 0.0960 e. The molecule has 0 radical (unpaired) electrons. The number of thioether (sulfide) groups is 2. The van der Waals surface area contributed by atoms with E-state index in [1.165, 1.54) is 69.0 Å². The second-order valence-corrected chi connectivity index (χ2v) is 8.07. The molecule has 0 bridgehead atoms. The molecule has 0 N–H and O–H groups in total. The van der Waals surface area contributed by atoms with Crippen molar-refractivity contribution < 1.29 is 0 Å². The van der Waals surface area contributed by atoms with Crippen molar-refractivity contribution in [2.24, 2.45) is 0 Å². The number of rotatable bonds is 10. The van der Waals surface area contributed by atoms with Crippen molar-refractivity contribution in [1.82, 2.24) is 9.88 Å². The van der Waals surface area contributed by atoms with Crippen molar-refractivity contribution in [3.05, 3.63) is 23.4 Å². The van der Waals surface area contributed by atoms with Crippen LogP contribution in [0.1, 0.15) is 38.5 Å². The summed E-state index contributed by atoms with van der Waals surface area (Å²) in [5, 5.41) is 1.80. The maximum atomic E-state index is 5.82. The molecule has 0 atom stereocenters. The van der Waals surface area contributed by atoms with Gasteiger partial charge in [-0.25, -0.2) is 4.98 Å². The molecule has 0 saturated carbocycles. The van der Waals surface area contributed by atoms with E-state index < -0.39 is 0 Å². The molecule has 0 aliphatic carbocycles. The Morgan fingerprint density at radius 1 is 1.14 bits per heavy atom. The maximum Gasteiger partial charge on any atom is 0.0960 e. The van der Waals surface area contributed by atoms with Gasteiger partial charge in [0.1, 0.15) is 0 Å². The van der Waals surface area contributed by atoms with Gasteiger partial charge in [0.25, 0.3) is 0 Å². The Kier molecular flexibility index (Phi) is 8.95. The first-order chi connectivity index (χ1) is 10.3. The fourth-order valence-corrected chi connectivity index (χ4v) is 4.39. The number of hydrogen-bond acceptors (Lipinski definition) is 4. The Morgan fingerprint density at radius 2 is 1.95 bits per heavy atom. The molecule has 0 aromatic carbocycles. The van der Waals surface area contributed by atoms with Gasteiger partial charge >= 0.3 is 0 Å². The molecule has 1 aromatic heterocycles. The molecule has 0 unspecified atom stereocenters. The third kappa shape index (κ3) is 7.78. The first kappa shape index (κ1) is 17.5. The van der Waals surface area contributed by atoms with Crippen LogP contribution in [0.5, 0.6) is 0 Å². The van der Waals surface area contributed by atoms with Crippen LogP contribution < -0.4 is 0 Å². The number of hydrogen-bond donors (Lipinski definition) is 0. The van der Waals surface area contributed by atoms with Crippen molar-refractivity contribution in [3.63, 3.8) is 0 Å². The minimum atomic E-state index is 0.715. The lowest BCUT2D eigenvalue weighted by atomic mass is 10.1. The fourth-order valence-electron chi connectivity index (χ4n) is 2.40. The quantitative estimate of drug-likeness (QED) is 0.429. The molecule has 1 aliphatic heterocycles. The SMILES string of the molecule is Clc1ccc(SCCCCCCCCN2CCSC2)nc1. The summed E-state index contributed by atoms with van der Waals surface area (Å²) >= 11 is 9.73. The number of halogens is 1. The molecule has 1 fully saturated rings. The zero-order valence-electron chi connectivity index (χ0n) is 12.6. The highest BCUT2D eigenvalue weighted by atomic mass is 35.5. The summed E-state index contributed by atoms with van der Waals surface area (Å²) in [5.41, 5.74) is 0. The minimum Gasteiger partial charge on any atom is -0.293 e. The van der Waals surface area contributed by atoms with Crippen LogP contribution in [0, 0.1) is 0 Å². The molecule has 1 saturated heterocycles. The van der Waals surface area contributed by atoms with Gasteiger partial charge in [-0.15, -0.1) is 23.5 Å². The number of unbranched alkanes of at least 4 members (excludes halogenated alkanes) is 5. The van der Waals surface area contributed by atoms with Gasteiger partial charge in [0.05, 0.1) is 10.0 Å². The second-order valence-electron chi connectivity index (χ2n) is 5.44. The molecule has 0 spiro atoms. The van der Waals surface area contributed by atoms with E-state index in [1.807, 2.05) is 23.9 Å². The number of nitrogens with zero attached hydrogens (tertiary/aromatic N) is 2. The monoisotopic (exact) mass is 344 g/mol. The Hall–Kier alpha value is 0.1000. The normalized spacial score (nSPS) is 15.7. The van der Waals surface area contributed by atoms with Crippen LogP contribution >= 0.6 is 35.1 Å². The summed E-state index contributed by atoms with van der Waals surface area (Å²) in [4.78, 5) is 6.88. The van der Waals surface area contributed by atoms with E-state index in [0.717, 1.165) is 5.03 Å². The zero-order chi connectivity index (χ0) is 14.8. The molecule has 0 amide bonds. The Morgan fingerprint density at radius 3 is 2.67 bits per heavy atom. The van der Waals surface area contributed by atoms with Gasteiger partial charge in [0, 0.05) is 24.4 Å². The number of pyridine rings is 1. The molecule has 2 rings (SSSR count). The van der Waals surface area contributed by atoms with E-state index in [0.29, 0.717) is 5.02 Å². The highest BCUT2D eigenvalue weighted by molar-refractivity contribution is 7.99. The number of aromatic nitrogens is 1. The van der Waals surface area contributed by atoms with Gasteiger partial charge in [-0.3, -0.25) is 4.90 Å². The maximum absolute atomic E-state index is 5.82. The third-order valence-electron chi connectivity index (χ3n) is 3.64. The van der Waals surface area contributed by atoms with E-state index in [4.69, 9.17) is 11.6 Å². The summed E-state index contributed by atoms with van der Waals surface area (Å²) in [7, 11) is 0. The highest BCUT2D eigenvalue weighted by Crippen LogP contribution is 2.19. The van der Waals surface area contributed by atoms with Gasteiger partial charge in [0.15, 0.2) is 0 Å². The molecule has 1 aliphatic rings. The van der Waals surface area contributed by atoms with Crippen LogP contribution in [0.4, 0.5) is 0 Å². The lowest BCUT2D eigenvalue weighted by molar-refractivity contribution is 0.343. The summed E-state index contributed by atoms with van der Waals surface area (Å²) < 4.78 is 0. The van der Waals surface area contributed by atoms with Crippen molar-refractivity contribution in [3.8, 4) is 0 Å². The molecule has 1 aromatic rings. The lowest BCUT2D eigenvalue weighted by Gasteiger charge is -2.12. The third-order valence-corrected chi connectivity index (χ3v) is 5.92. The topological polar surface area (TPSA) is 16.1 Å². The summed E-state index contributed by atoms with van der Waals surface area (Å²) in [6, 6.07) is 3.92. The second kappa shape index (κ2) is 10.8. The standard InChI is InChI=1S/C16H25ClN2S2/c17-15-7-8-16(18-13-15)21-11-6-4-2-1-3-5-9-19-10-12-20-14-19/h7-8,13H,1-6,9-12,14H2. The van der Waals surface area contributed by atoms with Gasteiger partial charge in [-0.1, -0.05) is 37.3 Å². The van der Waals surface area contributed by atoms with E-state index >= 15 is 0 Å². The van der Waals surface area contributed by atoms with Crippen molar-refractivity contribution >= 4 is 35.1 Å². The summed E-state index contributed by atoms with van der Waals surface area (Å²) in [6.45, 7) is 2.62. The summed E-state index contributed by atoms with van der Waals surface area (Å²) in [6.07, 6.45) is 9.91. The average Bonchev–Trinajstić information content (AvgIpc) is 3.01. The van der Waals surface area contributed by atoms with Crippen LogP contribution in [0.15, 0.2) is 23.4 Å². The van der Waals surface area contributed by atoms with Crippen LogP contribution in [0.2, 0.25) is 5.02 Å². The van der Waals surface area contributed by atoms with Crippen molar-refractivity contribution in [2.75, 3.05) is 30.5 Å². The molecule has 2 nitrogen and oxygen atoms in total. The Labute approximate surface area is 142 Å². The fraction of sp³-hybridized carbons (Fsp3) is 0.688. The predicted octanol–water partition coefficient (Wildman–Crippen LogP) is 5.17. The van der Waals surface area contributed by atoms with Crippen molar-refractivity contribution in [1.29, 1.82) is 0 Å². The first-order valence-electron chi connectivity index (χ1n) is 7.89. The Balaban J connectivity index is 1.37. The van der Waals surface area contributed by atoms with Gasteiger partial charge in [-0.05, 0) is 37.3 Å². The van der Waals surface area contributed by atoms with Gasteiger partial charge in [-0.2, -0.15) is 0 Å². The van der Waals surface area contributed by atoms with Crippen LogP contribution in [-0.2, 0) is 0 Å². The van der Waals surface area contributed by atoms with Crippen LogP contribution in [0.25, 0.3) is 0 Å². The van der Waals surface area contributed by atoms with Crippen molar-refractivity contribution in [2.45, 2.75) is 43.6 Å². The molecule has 21 heavy (non-hydrogen) atoms.